The second-order valence-electron chi connectivity index (χ2n) is 5.45. The molecule has 0 aliphatic heterocycles. The number of anilines is 1. The Kier molecular flexibility index (Phi) is 4.86. The minimum absolute atomic E-state index is 0.370. The molecule has 25 heavy (non-hydrogen) atoms. The quantitative estimate of drug-likeness (QED) is 0.418. The van der Waals surface area contributed by atoms with Gasteiger partial charge in [0, 0.05) is 16.3 Å². The van der Waals surface area contributed by atoms with Crippen LogP contribution in [0.25, 0.3) is 11.3 Å². The van der Waals surface area contributed by atoms with Crippen molar-refractivity contribution in [3.05, 3.63) is 76.5 Å². The maximum Gasteiger partial charge on any atom is 0.273 e. The van der Waals surface area contributed by atoms with Crippen molar-refractivity contribution < 1.29 is 9.21 Å². The minimum atomic E-state index is -0.383. The summed E-state index contributed by atoms with van der Waals surface area (Å²) in [4.78, 5) is 12.0. The topological polar surface area (TPSA) is 80.6 Å². The Morgan fingerprint density at radius 3 is 2.80 bits per heavy atom. The van der Waals surface area contributed by atoms with Crippen molar-refractivity contribution in [1.29, 1.82) is 0 Å². The molecular formula is C19H16ClN3O2. The number of para-hydroxylation sites is 1. The number of hydrogen-bond acceptors (Lipinski definition) is 4. The number of furan rings is 1. The van der Waals surface area contributed by atoms with E-state index < -0.39 is 0 Å². The standard InChI is InChI=1S/C19H16ClN3O2/c1-12-6-7-13(20)10-16(12)18-9-8-14(25-18)11-22-23-19(24)15-4-2-3-5-17(15)21/h2-11H,21H2,1H3,(H,23,24)/b22-11-. The molecule has 0 unspecified atom stereocenters. The highest BCUT2D eigenvalue weighted by Crippen LogP contribution is 2.27. The molecule has 0 saturated heterocycles. The normalized spacial score (nSPS) is 11.0. The van der Waals surface area contributed by atoms with Gasteiger partial charge in [-0.05, 0) is 48.9 Å². The monoisotopic (exact) mass is 353 g/mol. The predicted molar refractivity (Wildman–Crippen MR) is 99.8 cm³/mol. The van der Waals surface area contributed by atoms with E-state index in [2.05, 4.69) is 10.5 Å². The molecule has 1 heterocycles. The van der Waals surface area contributed by atoms with Crippen LogP contribution in [0.5, 0.6) is 0 Å². The van der Waals surface area contributed by atoms with E-state index in [0.29, 0.717) is 27.8 Å². The number of nitrogens with one attached hydrogen (secondary N) is 1. The van der Waals surface area contributed by atoms with Gasteiger partial charge >= 0.3 is 0 Å². The van der Waals surface area contributed by atoms with Crippen LogP contribution in [0, 0.1) is 6.92 Å². The fraction of sp³-hybridized carbons (Fsp3) is 0.0526. The number of benzene rings is 2. The van der Waals surface area contributed by atoms with Crippen LogP contribution in [-0.4, -0.2) is 12.1 Å². The highest BCUT2D eigenvalue weighted by atomic mass is 35.5. The molecule has 0 atom stereocenters. The van der Waals surface area contributed by atoms with E-state index in [1.165, 1.54) is 6.21 Å². The van der Waals surface area contributed by atoms with Crippen molar-refractivity contribution in [3.8, 4) is 11.3 Å². The number of nitrogen functional groups attached to an aromatic ring is 1. The molecule has 0 radical (unpaired) electrons. The molecule has 0 fully saturated rings. The van der Waals surface area contributed by atoms with Crippen LogP contribution in [0.15, 0.2) is 64.1 Å². The van der Waals surface area contributed by atoms with Gasteiger partial charge < -0.3 is 10.2 Å². The molecular weight excluding hydrogens is 338 g/mol. The van der Waals surface area contributed by atoms with Crippen molar-refractivity contribution in [2.24, 2.45) is 5.10 Å². The van der Waals surface area contributed by atoms with Crippen molar-refractivity contribution in [2.45, 2.75) is 6.92 Å². The van der Waals surface area contributed by atoms with Gasteiger partial charge in [-0.15, -0.1) is 0 Å². The third-order valence-corrected chi connectivity index (χ3v) is 3.89. The van der Waals surface area contributed by atoms with Crippen molar-refractivity contribution in [3.63, 3.8) is 0 Å². The molecule has 0 bridgehead atoms. The smallest absolute Gasteiger partial charge is 0.273 e. The van der Waals surface area contributed by atoms with Crippen LogP contribution in [0.2, 0.25) is 5.02 Å². The van der Waals surface area contributed by atoms with Gasteiger partial charge in [-0.25, -0.2) is 5.43 Å². The Hall–Kier alpha value is -3.05. The molecule has 0 spiro atoms. The van der Waals surface area contributed by atoms with E-state index >= 15 is 0 Å². The van der Waals surface area contributed by atoms with E-state index in [4.69, 9.17) is 21.8 Å². The van der Waals surface area contributed by atoms with Crippen LogP contribution in [0.4, 0.5) is 5.69 Å². The molecule has 2 aromatic carbocycles. The van der Waals surface area contributed by atoms with E-state index in [1.807, 2.05) is 31.2 Å². The number of carbonyl (C=O) groups excluding carboxylic acids is 1. The second-order valence-corrected chi connectivity index (χ2v) is 5.88. The Bertz CT molecular complexity index is 947. The summed E-state index contributed by atoms with van der Waals surface area (Å²) in [5, 5.41) is 4.54. The molecule has 3 N–H and O–H groups in total. The molecule has 1 aromatic heterocycles. The first-order valence-corrected chi connectivity index (χ1v) is 7.96. The van der Waals surface area contributed by atoms with Crippen LogP contribution in [0.3, 0.4) is 0 Å². The molecule has 0 aliphatic rings. The largest absolute Gasteiger partial charge is 0.455 e. The minimum Gasteiger partial charge on any atom is -0.455 e. The van der Waals surface area contributed by atoms with Crippen LogP contribution in [-0.2, 0) is 0 Å². The summed E-state index contributed by atoms with van der Waals surface area (Å²) >= 11 is 6.04. The summed E-state index contributed by atoms with van der Waals surface area (Å²) in [6.45, 7) is 1.98. The van der Waals surface area contributed by atoms with Crippen molar-refractivity contribution in [1.82, 2.24) is 5.43 Å². The Morgan fingerprint density at radius 2 is 2.00 bits per heavy atom. The Balaban J connectivity index is 1.71. The van der Waals surface area contributed by atoms with Gasteiger partial charge in [-0.3, -0.25) is 4.79 Å². The van der Waals surface area contributed by atoms with E-state index in [-0.39, 0.29) is 5.91 Å². The summed E-state index contributed by atoms with van der Waals surface area (Å²) in [7, 11) is 0. The first-order chi connectivity index (χ1) is 12.0. The summed E-state index contributed by atoms with van der Waals surface area (Å²) in [5.74, 6) is 0.808. The lowest BCUT2D eigenvalue weighted by atomic mass is 10.1. The lowest BCUT2D eigenvalue weighted by molar-refractivity contribution is 0.0956. The molecule has 3 rings (SSSR count). The Morgan fingerprint density at radius 1 is 1.20 bits per heavy atom. The summed E-state index contributed by atoms with van der Waals surface area (Å²) in [6.07, 6.45) is 1.43. The highest BCUT2D eigenvalue weighted by molar-refractivity contribution is 6.30. The van der Waals surface area contributed by atoms with E-state index in [9.17, 15) is 4.79 Å². The first kappa shape index (κ1) is 16.8. The van der Waals surface area contributed by atoms with Crippen molar-refractivity contribution >= 4 is 29.4 Å². The number of hydrazone groups is 1. The Labute approximate surface area is 150 Å². The van der Waals surface area contributed by atoms with Crippen LogP contribution in [0.1, 0.15) is 21.7 Å². The zero-order valence-corrected chi connectivity index (χ0v) is 14.2. The fourth-order valence-corrected chi connectivity index (χ4v) is 2.52. The van der Waals surface area contributed by atoms with E-state index in [1.54, 1.807) is 30.3 Å². The number of aryl methyl sites for hydroxylation is 1. The van der Waals surface area contributed by atoms with Gasteiger partial charge in [0.15, 0.2) is 0 Å². The number of hydrogen-bond donors (Lipinski definition) is 2. The average molecular weight is 354 g/mol. The van der Waals surface area contributed by atoms with Crippen molar-refractivity contribution in [2.75, 3.05) is 5.73 Å². The van der Waals surface area contributed by atoms with Gasteiger partial charge in [-0.2, -0.15) is 5.10 Å². The summed E-state index contributed by atoms with van der Waals surface area (Å²) < 4.78 is 5.73. The number of carbonyl (C=O) groups is 1. The van der Waals surface area contributed by atoms with Crippen LogP contribution >= 0.6 is 11.6 Å². The zero-order chi connectivity index (χ0) is 17.8. The third-order valence-electron chi connectivity index (χ3n) is 3.66. The number of amides is 1. The maximum absolute atomic E-state index is 12.0. The number of nitrogens with two attached hydrogens (primary N) is 1. The summed E-state index contributed by atoms with van der Waals surface area (Å²) in [5.41, 5.74) is 10.9. The molecule has 126 valence electrons. The second kappa shape index (κ2) is 7.23. The van der Waals surface area contributed by atoms with Gasteiger partial charge in [0.2, 0.25) is 0 Å². The van der Waals surface area contributed by atoms with Gasteiger partial charge in [0.05, 0.1) is 11.8 Å². The SMILES string of the molecule is Cc1ccc(Cl)cc1-c1ccc(/C=N\NC(=O)c2ccccc2N)o1. The molecule has 0 aliphatic carbocycles. The molecule has 0 saturated carbocycles. The van der Waals surface area contributed by atoms with Gasteiger partial charge in [0.25, 0.3) is 5.91 Å². The zero-order valence-electron chi connectivity index (χ0n) is 13.5. The molecule has 1 amide bonds. The first-order valence-electron chi connectivity index (χ1n) is 7.59. The average Bonchev–Trinajstić information content (AvgIpc) is 3.06. The third kappa shape index (κ3) is 3.89. The van der Waals surface area contributed by atoms with E-state index in [0.717, 1.165) is 11.1 Å². The molecule has 5 nitrogen and oxygen atoms in total. The van der Waals surface area contributed by atoms with Crippen LogP contribution < -0.4 is 11.2 Å². The van der Waals surface area contributed by atoms with Gasteiger partial charge in [-0.1, -0.05) is 29.8 Å². The lowest BCUT2D eigenvalue weighted by Crippen LogP contribution is -2.18. The number of halogens is 1. The number of nitrogens with zero attached hydrogens (tertiary/aromatic N) is 1. The number of rotatable bonds is 4. The predicted octanol–water partition coefficient (Wildman–Crippen LogP) is 4.25. The lowest BCUT2D eigenvalue weighted by Gasteiger charge is -2.03. The fourth-order valence-electron chi connectivity index (χ4n) is 2.35. The maximum atomic E-state index is 12.0. The highest BCUT2D eigenvalue weighted by Gasteiger charge is 2.09. The molecule has 3 aromatic rings. The van der Waals surface area contributed by atoms with Gasteiger partial charge in [0.1, 0.15) is 11.5 Å². The molecule has 6 heteroatoms. The summed E-state index contributed by atoms with van der Waals surface area (Å²) in [6, 6.07) is 16.0.